The Morgan fingerprint density at radius 2 is 1.04 bits per heavy atom. The van der Waals surface area contributed by atoms with Gasteiger partial charge in [0.25, 0.3) is 5.67 Å². The van der Waals surface area contributed by atoms with E-state index in [0.29, 0.717) is 0 Å². The Labute approximate surface area is 134 Å². The van der Waals surface area contributed by atoms with Crippen LogP contribution in [0.5, 0.6) is 0 Å². The molecule has 0 aliphatic rings. The number of alkyl halides is 11. The molecule has 0 heterocycles. The fraction of sp³-hybridized carbons (Fsp3) is 1.00. The molecule has 0 fully saturated rings. The third-order valence-electron chi connectivity index (χ3n) is 3.62. The number of ether oxygens (including phenoxy) is 1. The maximum absolute atomic E-state index is 14.1. The fourth-order valence-electron chi connectivity index (χ4n) is 1.94. The molecular weight excluding hydrogens is 385 g/mol. The molecule has 1 N–H and O–H groups in total. The predicted octanol–water partition coefficient (Wildman–Crippen LogP) is 4.66. The summed E-state index contributed by atoms with van der Waals surface area (Å²) in [6, 6.07) is 0. The number of aliphatic hydroxyl groups excluding tert-OH is 1. The first-order valence-electron chi connectivity index (χ1n) is 6.41. The molecule has 25 heavy (non-hydrogen) atoms. The molecule has 0 rings (SSSR count). The smallest absolute Gasteiger partial charge is 0.393 e. The van der Waals surface area contributed by atoms with Crippen LogP contribution in [0.15, 0.2) is 0 Å². The summed E-state index contributed by atoms with van der Waals surface area (Å²) < 4.78 is 149. The van der Waals surface area contributed by atoms with Crippen LogP contribution in [0.4, 0.5) is 48.3 Å². The first-order valence-corrected chi connectivity index (χ1v) is 6.41. The monoisotopic (exact) mass is 400 g/mol. The van der Waals surface area contributed by atoms with Crippen molar-refractivity contribution in [3.63, 3.8) is 0 Å². The Balaban J connectivity index is 6.29. The van der Waals surface area contributed by atoms with E-state index in [1.807, 2.05) is 0 Å². The van der Waals surface area contributed by atoms with Crippen LogP contribution in [0.2, 0.25) is 0 Å². The highest BCUT2D eigenvalue weighted by molar-refractivity contribution is 5.09. The van der Waals surface area contributed by atoms with Crippen molar-refractivity contribution in [2.24, 2.45) is 0 Å². The highest BCUT2D eigenvalue weighted by Crippen LogP contribution is 2.56. The van der Waals surface area contributed by atoms with Gasteiger partial charge in [-0.1, -0.05) is 0 Å². The zero-order valence-corrected chi connectivity index (χ0v) is 13.2. The third kappa shape index (κ3) is 3.67. The van der Waals surface area contributed by atoms with Gasteiger partial charge in [0.05, 0.1) is 6.61 Å². The van der Waals surface area contributed by atoms with E-state index >= 15 is 0 Å². The molecular formula is C12H15F11O2. The van der Waals surface area contributed by atoms with Gasteiger partial charge in [-0.25, -0.2) is 13.2 Å². The molecule has 0 bridgehead atoms. The highest BCUT2D eigenvalue weighted by atomic mass is 19.4. The molecule has 2 nitrogen and oxygen atoms in total. The van der Waals surface area contributed by atoms with Gasteiger partial charge < -0.3 is 9.84 Å². The summed E-state index contributed by atoms with van der Waals surface area (Å²) in [6.45, 7) is -3.20. The molecule has 0 aromatic heterocycles. The average Bonchev–Trinajstić information content (AvgIpc) is 2.30. The van der Waals surface area contributed by atoms with Crippen LogP contribution in [0.1, 0.15) is 27.7 Å². The summed E-state index contributed by atoms with van der Waals surface area (Å²) in [5.41, 5.74) is -19.4. The van der Waals surface area contributed by atoms with Crippen molar-refractivity contribution in [1.29, 1.82) is 0 Å². The summed E-state index contributed by atoms with van der Waals surface area (Å²) in [5.74, 6) is 0. The van der Waals surface area contributed by atoms with E-state index in [0.717, 1.165) is 0 Å². The van der Waals surface area contributed by atoms with Crippen molar-refractivity contribution in [2.45, 2.75) is 68.8 Å². The van der Waals surface area contributed by atoms with Gasteiger partial charge in [0.2, 0.25) is 0 Å². The van der Waals surface area contributed by atoms with E-state index in [1.54, 1.807) is 0 Å². The van der Waals surface area contributed by atoms with Gasteiger partial charge in [-0.3, -0.25) is 0 Å². The van der Waals surface area contributed by atoms with Crippen molar-refractivity contribution in [3.8, 4) is 0 Å². The lowest BCUT2D eigenvalue weighted by Crippen LogP contribution is -2.70. The van der Waals surface area contributed by atoms with Gasteiger partial charge in [0, 0.05) is 0 Å². The van der Waals surface area contributed by atoms with Crippen molar-refractivity contribution >= 4 is 0 Å². The van der Waals surface area contributed by atoms with Gasteiger partial charge in [0.1, 0.15) is 5.60 Å². The largest absolute Gasteiger partial charge is 0.434 e. The number of rotatable bonds is 6. The molecule has 0 aliphatic heterocycles. The second-order valence-corrected chi connectivity index (χ2v) is 6.21. The van der Waals surface area contributed by atoms with Gasteiger partial charge in [-0.05, 0) is 27.7 Å². The van der Waals surface area contributed by atoms with Gasteiger partial charge in [-0.2, -0.15) is 35.1 Å². The second kappa shape index (κ2) is 6.10. The molecule has 0 aromatic carbocycles. The van der Waals surface area contributed by atoms with E-state index in [1.165, 1.54) is 0 Å². The molecule has 0 aliphatic carbocycles. The third-order valence-corrected chi connectivity index (χ3v) is 3.62. The van der Waals surface area contributed by atoms with E-state index in [2.05, 4.69) is 4.74 Å². The molecule has 1 unspecified atom stereocenters. The lowest BCUT2D eigenvalue weighted by atomic mass is 9.84. The summed E-state index contributed by atoms with van der Waals surface area (Å²) in [4.78, 5) is 0. The summed E-state index contributed by atoms with van der Waals surface area (Å²) in [7, 11) is 0. The Morgan fingerprint density at radius 1 is 0.680 bits per heavy atom. The summed E-state index contributed by atoms with van der Waals surface area (Å²) in [6.07, 6.45) is -19.0. The van der Waals surface area contributed by atoms with Crippen LogP contribution in [-0.4, -0.2) is 52.8 Å². The van der Waals surface area contributed by atoms with Crippen molar-refractivity contribution < 1.29 is 58.1 Å². The van der Waals surface area contributed by atoms with Crippen molar-refractivity contribution in [2.75, 3.05) is 6.61 Å². The van der Waals surface area contributed by atoms with E-state index in [9.17, 15) is 48.3 Å². The Morgan fingerprint density at radius 3 is 1.24 bits per heavy atom. The minimum atomic E-state index is -6.64. The SMILES string of the molecule is CC(C)(OC(F)(F)[C@](F)(C(C)(C)F)C(F)(F)F)C(F)(CO)C(F)(F)F. The molecule has 0 spiro atoms. The molecule has 13 heteroatoms. The fourth-order valence-corrected chi connectivity index (χ4v) is 1.94. The first-order chi connectivity index (χ1) is 10.5. The van der Waals surface area contributed by atoms with Crippen molar-refractivity contribution in [3.05, 3.63) is 0 Å². The molecule has 0 saturated heterocycles. The predicted molar refractivity (Wildman–Crippen MR) is 62.2 cm³/mol. The highest BCUT2D eigenvalue weighted by Gasteiger charge is 2.82. The minimum absolute atomic E-state index is 0.0906. The quantitative estimate of drug-likeness (QED) is 0.658. The molecule has 0 amide bonds. The lowest BCUT2D eigenvalue weighted by Gasteiger charge is -2.46. The maximum atomic E-state index is 14.1. The number of aliphatic hydroxyl groups is 1. The molecule has 0 saturated carbocycles. The number of hydrogen-bond acceptors (Lipinski definition) is 2. The van der Waals surface area contributed by atoms with Crippen molar-refractivity contribution in [1.82, 2.24) is 0 Å². The van der Waals surface area contributed by atoms with Gasteiger partial charge >= 0.3 is 24.1 Å². The summed E-state index contributed by atoms with van der Waals surface area (Å²) >= 11 is 0. The Hall–Kier alpha value is -0.850. The van der Waals surface area contributed by atoms with Crippen LogP contribution >= 0.6 is 0 Å². The maximum Gasteiger partial charge on any atom is 0.434 e. The Bertz CT molecular complexity index is 461. The first kappa shape index (κ1) is 24.1. The van der Waals surface area contributed by atoms with Crippen LogP contribution in [0, 0.1) is 0 Å². The van der Waals surface area contributed by atoms with E-state index in [-0.39, 0.29) is 27.7 Å². The zero-order chi connectivity index (χ0) is 20.9. The lowest BCUT2D eigenvalue weighted by molar-refractivity contribution is -0.443. The normalized spacial score (nSPS) is 20.2. The Kier molecular flexibility index (Phi) is 5.89. The topological polar surface area (TPSA) is 29.5 Å². The van der Waals surface area contributed by atoms with E-state index < -0.39 is 47.7 Å². The molecule has 0 aromatic rings. The zero-order valence-electron chi connectivity index (χ0n) is 13.2. The summed E-state index contributed by atoms with van der Waals surface area (Å²) in [5, 5.41) is 8.57. The molecule has 152 valence electrons. The van der Waals surface area contributed by atoms with Gasteiger partial charge in [0.15, 0.2) is 5.67 Å². The van der Waals surface area contributed by atoms with E-state index in [4.69, 9.17) is 5.11 Å². The van der Waals surface area contributed by atoms with Crippen LogP contribution in [0.25, 0.3) is 0 Å². The number of hydrogen-bond donors (Lipinski definition) is 1. The standard InChI is InChI=1S/C12H15F11O2/c1-6(2,13)9(15,11(19,20)21)12(22,23)25-7(3,4)8(14,5-24)10(16,17)18/h24H,5H2,1-4H3/t8?,9-/m0/s1. The van der Waals surface area contributed by atoms with Crippen LogP contribution < -0.4 is 0 Å². The average molecular weight is 400 g/mol. The minimum Gasteiger partial charge on any atom is -0.393 e. The molecule has 2 atom stereocenters. The van der Waals surface area contributed by atoms with Gasteiger partial charge in [-0.15, -0.1) is 0 Å². The van der Waals surface area contributed by atoms with Crippen LogP contribution in [-0.2, 0) is 4.74 Å². The second-order valence-electron chi connectivity index (χ2n) is 6.21. The van der Waals surface area contributed by atoms with Crippen LogP contribution in [0.3, 0.4) is 0 Å². The number of halogens is 11. The molecule has 0 radical (unpaired) electrons.